The molecule has 0 spiro atoms. The van der Waals surface area contributed by atoms with Gasteiger partial charge in [0.05, 0.1) is 31.9 Å². The van der Waals surface area contributed by atoms with Crippen molar-refractivity contribution in [1.29, 1.82) is 0 Å². The number of hydrogen-bond donors (Lipinski definition) is 1. The fourth-order valence-electron chi connectivity index (χ4n) is 1.84. The molecule has 0 unspecified atom stereocenters. The van der Waals surface area contributed by atoms with Gasteiger partial charge in [0.1, 0.15) is 17.3 Å². The predicted molar refractivity (Wildman–Crippen MR) is 85.0 cm³/mol. The molecule has 6 nitrogen and oxygen atoms in total. The Hall–Kier alpha value is -0.590. The number of halogens is 1. The summed E-state index contributed by atoms with van der Waals surface area (Å²) in [5, 5.41) is 0. The first kappa shape index (κ1) is 18.5. The van der Waals surface area contributed by atoms with Gasteiger partial charge in [0.25, 0.3) is 0 Å². The van der Waals surface area contributed by atoms with Gasteiger partial charge in [0.15, 0.2) is 0 Å². The lowest BCUT2D eigenvalue weighted by Crippen LogP contribution is -2.16. The number of rotatable bonds is 8. The van der Waals surface area contributed by atoms with E-state index in [2.05, 4.69) is 15.9 Å². The third-order valence-corrected chi connectivity index (χ3v) is 5.60. The van der Waals surface area contributed by atoms with Gasteiger partial charge in [0.2, 0.25) is 0 Å². The first-order valence-corrected chi connectivity index (χ1v) is 8.89. The predicted octanol–water partition coefficient (Wildman–Crippen LogP) is 3.69. The van der Waals surface area contributed by atoms with Crippen LogP contribution in [-0.4, -0.2) is 27.4 Å². The lowest BCUT2D eigenvalue weighted by molar-refractivity contribution is 0.212. The maximum absolute atomic E-state index is 12.8. The first-order valence-electron chi connectivity index (χ1n) is 6.49. The molecule has 1 atom stereocenters. The molecule has 0 heterocycles. The zero-order valence-electron chi connectivity index (χ0n) is 12.6. The Bertz CT molecular complexity index is 516. The summed E-state index contributed by atoms with van der Waals surface area (Å²) >= 11 is 3.37. The van der Waals surface area contributed by atoms with Crippen molar-refractivity contribution < 1.29 is 23.1 Å². The Morgan fingerprint density at radius 2 is 1.67 bits per heavy atom. The van der Waals surface area contributed by atoms with E-state index in [1.807, 2.05) is 0 Å². The van der Waals surface area contributed by atoms with E-state index >= 15 is 0 Å². The Morgan fingerprint density at radius 1 is 1.14 bits per heavy atom. The van der Waals surface area contributed by atoms with Crippen LogP contribution >= 0.6 is 23.5 Å². The van der Waals surface area contributed by atoms with Gasteiger partial charge >= 0.3 is 7.60 Å². The molecular weight excluding hydrogens is 361 g/mol. The standard InChI is InChI=1S/C13H21BrNO5P/c1-5-19-21(16,20-6-2)13(15)9-7-12(18-4)10(14)8-11(9)17-3/h7-8,13H,5-6,15H2,1-4H3/t13-/m0/s1. The van der Waals surface area contributed by atoms with Crippen molar-refractivity contribution in [3.05, 3.63) is 22.2 Å². The van der Waals surface area contributed by atoms with Crippen molar-refractivity contribution >= 4 is 23.5 Å². The zero-order chi connectivity index (χ0) is 16.0. The topological polar surface area (TPSA) is 80.0 Å². The van der Waals surface area contributed by atoms with Crippen LogP contribution in [0.1, 0.15) is 25.2 Å². The molecule has 2 N–H and O–H groups in total. The lowest BCUT2D eigenvalue weighted by Gasteiger charge is -2.25. The molecule has 0 bridgehead atoms. The maximum atomic E-state index is 12.8. The molecule has 21 heavy (non-hydrogen) atoms. The quantitative estimate of drug-likeness (QED) is 0.691. The van der Waals surface area contributed by atoms with E-state index in [4.69, 9.17) is 24.3 Å². The SMILES string of the molecule is CCOP(=O)(OCC)[C@H](N)c1cc(OC)c(Br)cc1OC. The van der Waals surface area contributed by atoms with Gasteiger partial charge in [-0.15, -0.1) is 0 Å². The Kier molecular flexibility index (Phi) is 7.16. The number of ether oxygens (including phenoxy) is 2. The monoisotopic (exact) mass is 381 g/mol. The Morgan fingerprint density at radius 3 is 2.10 bits per heavy atom. The third kappa shape index (κ3) is 4.20. The van der Waals surface area contributed by atoms with Crippen LogP contribution in [0.5, 0.6) is 11.5 Å². The summed E-state index contributed by atoms with van der Waals surface area (Å²) in [5.74, 6) is 0.0740. The molecule has 0 aromatic heterocycles. The molecule has 0 aliphatic carbocycles. The molecule has 0 fully saturated rings. The third-order valence-electron chi connectivity index (χ3n) is 2.78. The van der Waals surface area contributed by atoms with Gasteiger partial charge in [0, 0.05) is 5.56 Å². The summed E-state index contributed by atoms with van der Waals surface area (Å²) in [6.45, 7) is 3.94. The van der Waals surface area contributed by atoms with Gasteiger partial charge in [-0.1, -0.05) is 0 Å². The van der Waals surface area contributed by atoms with Gasteiger partial charge in [-0.3, -0.25) is 4.57 Å². The molecule has 0 saturated heterocycles. The molecule has 120 valence electrons. The number of hydrogen-bond acceptors (Lipinski definition) is 6. The average Bonchev–Trinajstić information content (AvgIpc) is 2.46. The van der Waals surface area contributed by atoms with E-state index in [0.29, 0.717) is 21.5 Å². The Labute approximate surface area is 133 Å². The zero-order valence-corrected chi connectivity index (χ0v) is 15.1. The van der Waals surface area contributed by atoms with Crippen molar-refractivity contribution in [2.75, 3.05) is 27.4 Å². The molecule has 1 aromatic carbocycles. The molecule has 1 aromatic rings. The van der Waals surface area contributed by atoms with E-state index in [-0.39, 0.29) is 13.2 Å². The van der Waals surface area contributed by atoms with Gasteiger partial charge in [-0.05, 0) is 41.9 Å². The van der Waals surface area contributed by atoms with Crippen LogP contribution in [0.25, 0.3) is 0 Å². The summed E-state index contributed by atoms with van der Waals surface area (Å²) in [4.78, 5) is 0. The molecule has 0 saturated carbocycles. The fraction of sp³-hybridized carbons (Fsp3) is 0.538. The number of methoxy groups -OCH3 is 2. The van der Waals surface area contributed by atoms with E-state index < -0.39 is 13.4 Å². The second-order valence-corrected chi connectivity index (χ2v) is 7.06. The van der Waals surface area contributed by atoms with Crippen LogP contribution < -0.4 is 15.2 Å². The normalized spacial score (nSPS) is 13.0. The minimum Gasteiger partial charge on any atom is -0.496 e. The van der Waals surface area contributed by atoms with Gasteiger partial charge in [-0.25, -0.2) is 0 Å². The van der Waals surface area contributed by atoms with Crippen molar-refractivity contribution in [2.45, 2.75) is 19.6 Å². The smallest absolute Gasteiger partial charge is 0.351 e. The average molecular weight is 382 g/mol. The molecule has 0 aliphatic heterocycles. The molecule has 8 heteroatoms. The van der Waals surface area contributed by atoms with Crippen molar-refractivity contribution in [3.63, 3.8) is 0 Å². The molecule has 0 amide bonds. The van der Waals surface area contributed by atoms with Crippen molar-refractivity contribution in [2.24, 2.45) is 5.73 Å². The fourth-order valence-corrected chi connectivity index (χ4v) is 3.99. The summed E-state index contributed by atoms with van der Waals surface area (Å²) in [6.07, 6.45) is 0. The van der Waals surface area contributed by atoms with Crippen LogP contribution in [0.15, 0.2) is 16.6 Å². The van der Waals surface area contributed by atoms with Crippen molar-refractivity contribution in [1.82, 2.24) is 0 Å². The van der Waals surface area contributed by atoms with E-state index in [9.17, 15) is 4.57 Å². The minimum atomic E-state index is -3.49. The van der Waals surface area contributed by atoms with Crippen LogP contribution in [0.4, 0.5) is 0 Å². The van der Waals surface area contributed by atoms with Crippen LogP contribution in [0.3, 0.4) is 0 Å². The highest BCUT2D eigenvalue weighted by atomic mass is 79.9. The van der Waals surface area contributed by atoms with Gasteiger partial charge < -0.3 is 24.3 Å². The second-order valence-electron chi connectivity index (χ2n) is 4.05. The highest BCUT2D eigenvalue weighted by Crippen LogP contribution is 2.60. The molecule has 1 rings (SSSR count). The maximum Gasteiger partial charge on any atom is 0.351 e. The lowest BCUT2D eigenvalue weighted by atomic mass is 10.2. The van der Waals surface area contributed by atoms with Crippen molar-refractivity contribution in [3.8, 4) is 11.5 Å². The number of nitrogens with two attached hydrogens (primary N) is 1. The Balaban J connectivity index is 3.32. The molecular formula is C13H21BrNO5P. The van der Waals surface area contributed by atoms with E-state index in [1.54, 1.807) is 26.0 Å². The van der Waals surface area contributed by atoms with Gasteiger partial charge in [-0.2, -0.15) is 0 Å². The first-order chi connectivity index (χ1) is 9.93. The summed E-state index contributed by atoms with van der Waals surface area (Å²) < 4.78 is 34.6. The highest BCUT2D eigenvalue weighted by Gasteiger charge is 2.36. The second kappa shape index (κ2) is 8.15. The molecule has 0 aliphatic rings. The minimum absolute atomic E-state index is 0.237. The van der Waals surface area contributed by atoms with Crippen LogP contribution in [0.2, 0.25) is 0 Å². The summed E-state index contributed by atoms with van der Waals surface area (Å²) in [5.41, 5.74) is 6.63. The largest absolute Gasteiger partial charge is 0.496 e. The molecule has 0 radical (unpaired) electrons. The van der Waals surface area contributed by atoms with E-state index in [0.717, 1.165) is 0 Å². The number of benzene rings is 1. The van der Waals surface area contributed by atoms with Crippen LogP contribution in [-0.2, 0) is 13.6 Å². The highest BCUT2D eigenvalue weighted by molar-refractivity contribution is 9.10. The van der Waals surface area contributed by atoms with E-state index in [1.165, 1.54) is 14.2 Å². The van der Waals surface area contributed by atoms with Crippen LogP contribution in [0, 0.1) is 0 Å². The summed E-state index contributed by atoms with van der Waals surface area (Å²) in [6, 6.07) is 3.37. The summed E-state index contributed by atoms with van der Waals surface area (Å²) in [7, 11) is -0.446.